The summed E-state index contributed by atoms with van der Waals surface area (Å²) in [4.78, 5) is 23.7. The molecule has 0 aliphatic heterocycles. The van der Waals surface area contributed by atoms with Crippen LogP contribution in [0.25, 0.3) is 0 Å². The van der Waals surface area contributed by atoms with E-state index in [4.69, 9.17) is 4.74 Å². The number of ether oxygens (including phenoxy) is 1. The highest BCUT2D eigenvalue weighted by atomic mass is 16.6. The van der Waals surface area contributed by atoms with E-state index in [1.54, 1.807) is 0 Å². The first-order chi connectivity index (χ1) is 8.73. The zero-order valence-electron chi connectivity index (χ0n) is 12.8. The lowest BCUT2D eigenvalue weighted by Crippen LogP contribution is -2.45. The van der Waals surface area contributed by atoms with Crippen molar-refractivity contribution in [2.45, 2.75) is 71.9 Å². The summed E-state index contributed by atoms with van der Waals surface area (Å²) in [7, 11) is 0. The van der Waals surface area contributed by atoms with E-state index < -0.39 is 11.7 Å². The SMILES string of the molecule is CCC1CCC(=O)C(C(C)NC(=O)OC(C)(C)C)C1. The zero-order chi connectivity index (χ0) is 14.6. The van der Waals surface area contributed by atoms with Gasteiger partial charge in [0.05, 0.1) is 0 Å². The van der Waals surface area contributed by atoms with Crippen molar-refractivity contribution in [2.24, 2.45) is 11.8 Å². The highest BCUT2D eigenvalue weighted by Crippen LogP contribution is 2.30. The molecule has 1 aliphatic carbocycles. The van der Waals surface area contributed by atoms with Gasteiger partial charge >= 0.3 is 6.09 Å². The van der Waals surface area contributed by atoms with Crippen molar-refractivity contribution in [1.29, 1.82) is 0 Å². The van der Waals surface area contributed by atoms with Crippen LogP contribution in [0.4, 0.5) is 4.79 Å². The van der Waals surface area contributed by atoms with Crippen LogP contribution in [0.1, 0.15) is 60.3 Å². The molecule has 19 heavy (non-hydrogen) atoms. The molecule has 1 aliphatic rings. The van der Waals surface area contributed by atoms with Crippen LogP contribution in [-0.2, 0) is 9.53 Å². The highest BCUT2D eigenvalue weighted by molar-refractivity contribution is 5.83. The molecule has 4 heteroatoms. The lowest BCUT2D eigenvalue weighted by atomic mass is 9.76. The van der Waals surface area contributed by atoms with Crippen molar-refractivity contribution in [1.82, 2.24) is 5.32 Å². The average Bonchev–Trinajstić information content (AvgIpc) is 2.26. The second-order valence-corrected chi connectivity index (χ2v) is 6.56. The topological polar surface area (TPSA) is 55.4 Å². The summed E-state index contributed by atoms with van der Waals surface area (Å²) >= 11 is 0. The van der Waals surface area contributed by atoms with Crippen LogP contribution in [-0.4, -0.2) is 23.5 Å². The van der Waals surface area contributed by atoms with Crippen LogP contribution in [0, 0.1) is 11.8 Å². The third kappa shape index (κ3) is 5.21. The summed E-state index contributed by atoms with van der Waals surface area (Å²) in [5.74, 6) is 0.810. The normalized spacial score (nSPS) is 25.8. The number of amides is 1. The van der Waals surface area contributed by atoms with E-state index in [1.165, 1.54) is 0 Å². The second kappa shape index (κ2) is 6.40. The minimum atomic E-state index is -0.508. The first-order valence-corrected chi connectivity index (χ1v) is 7.25. The predicted octanol–water partition coefficient (Wildman–Crippen LogP) is 3.30. The molecule has 3 unspecified atom stereocenters. The molecule has 4 nitrogen and oxygen atoms in total. The second-order valence-electron chi connectivity index (χ2n) is 6.56. The number of nitrogens with one attached hydrogen (secondary N) is 1. The molecule has 3 atom stereocenters. The Hall–Kier alpha value is -1.06. The van der Waals surface area contributed by atoms with Gasteiger partial charge in [0.15, 0.2) is 0 Å². The fraction of sp³-hybridized carbons (Fsp3) is 0.867. The largest absolute Gasteiger partial charge is 0.444 e. The van der Waals surface area contributed by atoms with Crippen LogP contribution in [0.15, 0.2) is 0 Å². The van der Waals surface area contributed by atoms with Crippen molar-refractivity contribution < 1.29 is 14.3 Å². The summed E-state index contributed by atoms with van der Waals surface area (Å²) in [5, 5.41) is 2.80. The molecule has 0 aromatic heterocycles. The molecule has 0 heterocycles. The van der Waals surface area contributed by atoms with E-state index in [2.05, 4.69) is 12.2 Å². The van der Waals surface area contributed by atoms with Crippen LogP contribution in [0.2, 0.25) is 0 Å². The van der Waals surface area contributed by atoms with Gasteiger partial charge in [-0.2, -0.15) is 0 Å². The number of alkyl carbamates (subject to hydrolysis) is 1. The van der Waals surface area contributed by atoms with Crippen molar-refractivity contribution in [2.75, 3.05) is 0 Å². The van der Waals surface area contributed by atoms with Crippen LogP contribution < -0.4 is 5.32 Å². The van der Waals surface area contributed by atoms with Crippen molar-refractivity contribution in [3.63, 3.8) is 0 Å². The van der Waals surface area contributed by atoms with Crippen molar-refractivity contribution in [3.8, 4) is 0 Å². The standard InChI is InChI=1S/C15H27NO3/c1-6-11-7-8-13(17)12(9-11)10(2)16-14(18)19-15(3,4)5/h10-12H,6-9H2,1-5H3,(H,16,18). The Balaban J connectivity index is 2.53. The number of rotatable bonds is 3. The van der Waals surface area contributed by atoms with E-state index in [-0.39, 0.29) is 17.7 Å². The molecule has 1 amide bonds. The average molecular weight is 269 g/mol. The monoisotopic (exact) mass is 269 g/mol. The van der Waals surface area contributed by atoms with Crippen molar-refractivity contribution >= 4 is 11.9 Å². The number of Topliss-reactive ketones (excluding diaryl/α,β-unsaturated/α-hetero) is 1. The molecule has 1 rings (SSSR count). The maximum absolute atomic E-state index is 12.0. The lowest BCUT2D eigenvalue weighted by molar-refractivity contribution is -0.126. The Morgan fingerprint density at radius 1 is 1.47 bits per heavy atom. The maximum atomic E-state index is 12.0. The Morgan fingerprint density at radius 2 is 2.11 bits per heavy atom. The minimum absolute atomic E-state index is 0.0637. The third-order valence-electron chi connectivity index (χ3n) is 3.73. The molecule has 0 aromatic carbocycles. The van der Waals surface area contributed by atoms with Crippen molar-refractivity contribution in [3.05, 3.63) is 0 Å². The minimum Gasteiger partial charge on any atom is -0.444 e. The summed E-state index contributed by atoms with van der Waals surface area (Å²) in [6.07, 6.45) is 3.18. The fourth-order valence-electron chi connectivity index (χ4n) is 2.59. The predicted molar refractivity (Wildman–Crippen MR) is 75.0 cm³/mol. The zero-order valence-corrected chi connectivity index (χ0v) is 12.8. The number of ketones is 1. The molecule has 1 saturated carbocycles. The molecule has 0 spiro atoms. The maximum Gasteiger partial charge on any atom is 0.407 e. The smallest absolute Gasteiger partial charge is 0.407 e. The van der Waals surface area contributed by atoms with Gasteiger partial charge in [-0.3, -0.25) is 4.79 Å². The Kier molecular flexibility index (Phi) is 5.39. The van der Waals surface area contributed by atoms with E-state index in [0.29, 0.717) is 12.3 Å². The quantitative estimate of drug-likeness (QED) is 0.855. The molecular formula is C15H27NO3. The molecule has 110 valence electrons. The molecule has 0 bridgehead atoms. The molecule has 0 aromatic rings. The number of hydrogen-bond donors (Lipinski definition) is 1. The van der Waals surface area contributed by atoms with Gasteiger partial charge in [0.25, 0.3) is 0 Å². The van der Waals surface area contributed by atoms with Crippen LogP contribution in [0.5, 0.6) is 0 Å². The van der Waals surface area contributed by atoms with E-state index in [9.17, 15) is 9.59 Å². The van der Waals surface area contributed by atoms with Gasteiger partial charge in [0.2, 0.25) is 0 Å². The van der Waals surface area contributed by atoms with Gasteiger partial charge in [-0.1, -0.05) is 13.3 Å². The number of carbonyl (C=O) groups excluding carboxylic acids is 2. The summed E-state index contributed by atoms with van der Waals surface area (Å²) in [6.45, 7) is 9.54. The third-order valence-corrected chi connectivity index (χ3v) is 3.73. The summed E-state index contributed by atoms with van der Waals surface area (Å²) in [5.41, 5.74) is -0.508. The van der Waals surface area contributed by atoms with Crippen LogP contribution >= 0.6 is 0 Å². The van der Waals surface area contributed by atoms with E-state index in [1.807, 2.05) is 27.7 Å². The first kappa shape index (κ1) is 16.0. The summed E-state index contributed by atoms with van der Waals surface area (Å²) < 4.78 is 5.23. The van der Waals surface area contributed by atoms with Gasteiger partial charge in [0.1, 0.15) is 11.4 Å². The van der Waals surface area contributed by atoms with Gasteiger partial charge in [0, 0.05) is 18.4 Å². The molecule has 0 saturated heterocycles. The van der Waals surface area contributed by atoms with Gasteiger partial charge in [-0.25, -0.2) is 4.79 Å². The highest BCUT2D eigenvalue weighted by Gasteiger charge is 2.33. The molecule has 0 radical (unpaired) electrons. The Morgan fingerprint density at radius 3 is 2.63 bits per heavy atom. The van der Waals surface area contributed by atoms with E-state index >= 15 is 0 Å². The summed E-state index contributed by atoms with van der Waals surface area (Å²) in [6, 6.07) is -0.156. The Bertz CT molecular complexity index is 333. The fourth-order valence-corrected chi connectivity index (χ4v) is 2.59. The molecular weight excluding hydrogens is 242 g/mol. The first-order valence-electron chi connectivity index (χ1n) is 7.25. The lowest BCUT2D eigenvalue weighted by Gasteiger charge is -2.32. The van der Waals surface area contributed by atoms with Crippen LogP contribution in [0.3, 0.4) is 0 Å². The van der Waals surface area contributed by atoms with Gasteiger partial charge in [-0.05, 0) is 46.5 Å². The number of carbonyl (C=O) groups is 2. The Labute approximate surface area is 116 Å². The van der Waals surface area contributed by atoms with E-state index in [0.717, 1.165) is 19.3 Å². The molecule has 1 fully saturated rings. The van der Waals surface area contributed by atoms with Gasteiger partial charge in [-0.15, -0.1) is 0 Å². The number of hydrogen-bond acceptors (Lipinski definition) is 3. The van der Waals surface area contributed by atoms with Gasteiger partial charge < -0.3 is 10.1 Å². The molecule has 1 N–H and O–H groups in total.